The summed E-state index contributed by atoms with van der Waals surface area (Å²) in [6.45, 7) is 3.40. The largest absolute Gasteiger partial charge is 0.487 e. The third kappa shape index (κ3) is 4.41. The molecule has 19 heavy (non-hydrogen) atoms. The van der Waals surface area contributed by atoms with E-state index in [4.69, 9.17) is 16.3 Å². The maximum atomic E-state index is 5.80. The Labute approximate surface area is 117 Å². The second-order valence-corrected chi connectivity index (χ2v) is 4.50. The number of nitrogens with one attached hydrogen (secondary N) is 1. The van der Waals surface area contributed by atoms with Gasteiger partial charge >= 0.3 is 0 Å². The van der Waals surface area contributed by atoms with Crippen molar-refractivity contribution in [3.63, 3.8) is 0 Å². The first-order valence-corrected chi connectivity index (χ1v) is 6.59. The summed E-state index contributed by atoms with van der Waals surface area (Å²) in [5.41, 5.74) is 0.789. The summed E-state index contributed by atoms with van der Waals surface area (Å²) in [6.07, 6.45) is 4.49. The van der Waals surface area contributed by atoms with Crippen LogP contribution in [0.15, 0.2) is 36.7 Å². The molecule has 1 aromatic carbocycles. The Bertz CT molecular complexity index is 499. The van der Waals surface area contributed by atoms with E-state index in [1.54, 1.807) is 24.5 Å². The van der Waals surface area contributed by atoms with Crippen LogP contribution < -0.4 is 10.1 Å². The van der Waals surface area contributed by atoms with Gasteiger partial charge in [-0.05, 0) is 30.7 Å². The van der Waals surface area contributed by atoms with Gasteiger partial charge in [0.2, 0.25) is 0 Å². The predicted octanol–water partition coefficient (Wildman–Crippen LogP) is 3.53. The highest BCUT2D eigenvalue weighted by atomic mass is 35.5. The van der Waals surface area contributed by atoms with E-state index in [0.29, 0.717) is 11.6 Å². The number of anilines is 1. The highest BCUT2D eigenvalue weighted by Crippen LogP contribution is 2.16. The molecule has 1 aromatic heterocycles. The molecular formula is C14H16ClN3O. The van der Waals surface area contributed by atoms with E-state index in [1.807, 2.05) is 12.1 Å². The zero-order valence-corrected chi connectivity index (χ0v) is 11.5. The predicted molar refractivity (Wildman–Crippen MR) is 76.6 cm³/mol. The molecule has 100 valence electrons. The van der Waals surface area contributed by atoms with E-state index < -0.39 is 0 Å². The smallest absolute Gasteiger partial charge is 0.144 e. The van der Waals surface area contributed by atoms with Gasteiger partial charge in [0.1, 0.15) is 18.2 Å². The number of hydrogen-bond donors (Lipinski definition) is 1. The highest BCUT2D eigenvalue weighted by Gasteiger charge is 1.99. The number of nitrogens with zero attached hydrogens (tertiary/aromatic N) is 2. The van der Waals surface area contributed by atoms with Crippen molar-refractivity contribution in [1.82, 2.24) is 9.97 Å². The molecule has 0 aliphatic carbocycles. The first kappa shape index (κ1) is 13.6. The Morgan fingerprint density at radius 3 is 2.58 bits per heavy atom. The van der Waals surface area contributed by atoms with Crippen LogP contribution in [0.1, 0.15) is 19.0 Å². The van der Waals surface area contributed by atoms with Gasteiger partial charge in [0, 0.05) is 11.6 Å². The van der Waals surface area contributed by atoms with Gasteiger partial charge < -0.3 is 10.1 Å². The Kier molecular flexibility index (Phi) is 4.98. The molecule has 0 amide bonds. The molecule has 0 bridgehead atoms. The average molecular weight is 278 g/mol. The highest BCUT2D eigenvalue weighted by molar-refractivity contribution is 6.30. The molecule has 0 spiro atoms. The van der Waals surface area contributed by atoms with Crippen LogP contribution in [0, 0.1) is 0 Å². The molecule has 0 unspecified atom stereocenters. The van der Waals surface area contributed by atoms with Crippen molar-refractivity contribution in [3.8, 4) is 5.75 Å². The molecule has 2 rings (SSSR count). The number of aromatic nitrogens is 2. The van der Waals surface area contributed by atoms with E-state index in [-0.39, 0.29) is 0 Å². The summed E-state index contributed by atoms with van der Waals surface area (Å²) >= 11 is 5.80. The van der Waals surface area contributed by atoms with Gasteiger partial charge in [-0.3, -0.25) is 4.98 Å². The van der Waals surface area contributed by atoms with Crippen molar-refractivity contribution in [2.45, 2.75) is 20.0 Å². The fourth-order valence-corrected chi connectivity index (χ4v) is 1.59. The van der Waals surface area contributed by atoms with Gasteiger partial charge in [-0.25, -0.2) is 4.98 Å². The van der Waals surface area contributed by atoms with Gasteiger partial charge in [0.25, 0.3) is 0 Å². The minimum Gasteiger partial charge on any atom is -0.487 e. The zero-order valence-electron chi connectivity index (χ0n) is 10.8. The minimum atomic E-state index is 0.392. The third-order valence-corrected chi connectivity index (χ3v) is 2.71. The lowest BCUT2D eigenvalue weighted by Gasteiger charge is -2.07. The van der Waals surface area contributed by atoms with Crippen LogP contribution in [-0.2, 0) is 6.61 Å². The Morgan fingerprint density at radius 1 is 1.16 bits per heavy atom. The van der Waals surface area contributed by atoms with Crippen LogP contribution >= 0.6 is 11.6 Å². The lowest BCUT2D eigenvalue weighted by atomic mass is 10.3. The maximum absolute atomic E-state index is 5.80. The number of benzene rings is 1. The molecule has 1 N–H and O–H groups in total. The summed E-state index contributed by atoms with van der Waals surface area (Å²) in [6, 6.07) is 7.24. The Morgan fingerprint density at radius 2 is 1.95 bits per heavy atom. The maximum Gasteiger partial charge on any atom is 0.144 e. The summed E-state index contributed by atoms with van der Waals surface area (Å²) in [5.74, 6) is 1.55. The molecule has 2 aromatic rings. The number of ether oxygens (including phenoxy) is 1. The van der Waals surface area contributed by atoms with Crippen molar-refractivity contribution in [2.24, 2.45) is 0 Å². The molecule has 0 fully saturated rings. The van der Waals surface area contributed by atoms with Gasteiger partial charge in [-0.15, -0.1) is 0 Å². The minimum absolute atomic E-state index is 0.392. The van der Waals surface area contributed by atoms with Crippen LogP contribution in [-0.4, -0.2) is 16.5 Å². The third-order valence-electron chi connectivity index (χ3n) is 2.46. The van der Waals surface area contributed by atoms with Gasteiger partial charge in [0.05, 0.1) is 18.1 Å². The van der Waals surface area contributed by atoms with Crippen molar-refractivity contribution in [2.75, 3.05) is 11.9 Å². The number of rotatable bonds is 6. The van der Waals surface area contributed by atoms with Gasteiger partial charge in [0.15, 0.2) is 0 Å². The molecule has 0 aliphatic heterocycles. The fourth-order valence-electron chi connectivity index (χ4n) is 1.46. The van der Waals surface area contributed by atoms with E-state index in [9.17, 15) is 0 Å². The summed E-state index contributed by atoms with van der Waals surface area (Å²) in [5, 5.41) is 3.87. The first-order valence-electron chi connectivity index (χ1n) is 6.21. The Balaban J connectivity index is 1.87. The summed E-state index contributed by atoms with van der Waals surface area (Å²) in [4.78, 5) is 8.56. The average Bonchev–Trinajstić information content (AvgIpc) is 2.46. The zero-order chi connectivity index (χ0) is 13.5. The van der Waals surface area contributed by atoms with Crippen LogP contribution in [0.5, 0.6) is 5.75 Å². The van der Waals surface area contributed by atoms with Crippen molar-refractivity contribution in [3.05, 3.63) is 47.4 Å². The molecule has 0 aliphatic rings. The number of halogens is 1. The summed E-state index contributed by atoms with van der Waals surface area (Å²) < 4.78 is 5.59. The standard InChI is InChI=1S/C14H16ClN3O/c1-2-7-16-14-9-17-12(8-18-14)10-19-13-5-3-11(15)4-6-13/h3-6,8-9H,2,7,10H2,1H3,(H,16,18). The van der Waals surface area contributed by atoms with Gasteiger partial charge in [-0.2, -0.15) is 0 Å². The monoisotopic (exact) mass is 277 g/mol. The SMILES string of the molecule is CCCNc1cnc(COc2ccc(Cl)cc2)cn1. The normalized spacial score (nSPS) is 10.2. The molecule has 0 saturated heterocycles. The van der Waals surface area contributed by atoms with E-state index in [1.165, 1.54) is 0 Å². The van der Waals surface area contributed by atoms with Crippen LogP contribution in [0.3, 0.4) is 0 Å². The molecular weight excluding hydrogens is 262 g/mol. The topological polar surface area (TPSA) is 47.0 Å². The number of hydrogen-bond acceptors (Lipinski definition) is 4. The molecule has 0 saturated carbocycles. The summed E-state index contributed by atoms with van der Waals surface area (Å²) in [7, 11) is 0. The molecule has 5 heteroatoms. The Hall–Kier alpha value is -1.81. The second kappa shape index (κ2) is 6.95. The quantitative estimate of drug-likeness (QED) is 0.877. The lowest BCUT2D eigenvalue weighted by molar-refractivity contribution is 0.301. The second-order valence-electron chi connectivity index (χ2n) is 4.06. The van der Waals surface area contributed by atoms with E-state index in [2.05, 4.69) is 22.2 Å². The lowest BCUT2D eigenvalue weighted by Crippen LogP contribution is -2.04. The van der Waals surface area contributed by atoms with Crippen LogP contribution in [0.4, 0.5) is 5.82 Å². The van der Waals surface area contributed by atoms with Crippen LogP contribution in [0.2, 0.25) is 5.02 Å². The van der Waals surface area contributed by atoms with Gasteiger partial charge in [-0.1, -0.05) is 18.5 Å². The molecule has 0 radical (unpaired) electrons. The first-order chi connectivity index (χ1) is 9.28. The van der Waals surface area contributed by atoms with E-state index in [0.717, 1.165) is 30.2 Å². The fraction of sp³-hybridized carbons (Fsp3) is 0.286. The van der Waals surface area contributed by atoms with E-state index >= 15 is 0 Å². The van der Waals surface area contributed by atoms with Crippen molar-refractivity contribution >= 4 is 17.4 Å². The molecule has 4 nitrogen and oxygen atoms in total. The molecule has 0 atom stereocenters. The van der Waals surface area contributed by atoms with Crippen molar-refractivity contribution < 1.29 is 4.74 Å². The molecule has 1 heterocycles. The van der Waals surface area contributed by atoms with Crippen LogP contribution in [0.25, 0.3) is 0 Å². The van der Waals surface area contributed by atoms with Crippen molar-refractivity contribution in [1.29, 1.82) is 0 Å².